The van der Waals surface area contributed by atoms with Gasteiger partial charge in [-0.15, -0.1) is 0 Å². The van der Waals surface area contributed by atoms with E-state index in [1.807, 2.05) is 6.07 Å². The van der Waals surface area contributed by atoms with E-state index in [0.29, 0.717) is 0 Å². The average molecular weight is 286 g/mol. The molecule has 0 radical (unpaired) electrons. The summed E-state index contributed by atoms with van der Waals surface area (Å²) in [5.41, 5.74) is 1.05. The van der Waals surface area contributed by atoms with Gasteiger partial charge in [-0.1, -0.05) is 22.9 Å². The summed E-state index contributed by atoms with van der Waals surface area (Å²) in [6, 6.07) is 5.12. The fourth-order valence-electron chi connectivity index (χ4n) is 1.93. The Labute approximate surface area is 105 Å². The van der Waals surface area contributed by atoms with Crippen LogP contribution in [0.3, 0.4) is 0 Å². The minimum atomic E-state index is -0.160. The van der Waals surface area contributed by atoms with Gasteiger partial charge in [0.05, 0.1) is 0 Å². The molecule has 1 saturated carbocycles. The van der Waals surface area contributed by atoms with E-state index < -0.39 is 0 Å². The van der Waals surface area contributed by atoms with Crippen molar-refractivity contribution in [2.24, 2.45) is 5.92 Å². The van der Waals surface area contributed by atoms with Crippen LogP contribution in [-0.4, -0.2) is 18.0 Å². The van der Waals surface area contributed by atoms with Crippen LogP contribution in [-0.2, 0) is 6.54 Å². The molecule has 2 rings (SSSR count). The fraction of sp³-hybridized carbons (Fsp3) is 0.538. The molecule has 3 heteroatoms. The Hall–Kier alpha value is -0.410. The zero-order valence-corrected chi connectivity index (χ0v) is 11.1. The molecule has 16 heavy (non-hydrogen) atoms. The Balaban J connectivity index is 1.99. The fourth-order valence-corrected chi connectivity index (χ4v) is 2.44. The third-order valence-electron chi connectivity index (χ3n) is 2.99. The monoisotopic (exact) mass is 285 g/mol. The summed E-state index contributed by atoms with van der Waals surface area (Å²) < 4.78 is 14.0. The van der Waals surface area contributed by atoms with Crippen LogP contribution < -0.4 is 0 Å². The molecule has 1 nitrogen and oxygen atoms in total. The van der Waals surface area contributed by atoms with Crippen molar-refractivity contribution in [3.05, 3.63) is 34.1 Å². The molecule has 0 spiro atoms. The molecule has 0 bridgehead atoms. The Kier molecular flexibility index (Phi) is 3.98. The first-order chi connectivity index (χ1) is 7.67. The predicted molar refractivity (Wildman–Crippen MR) is 67.8 cm³/mol. The van der Waals surface area contributed by atoms with Gasteiger partial charge in [0.25, 0.3) is 0 Å². The van der Waals surface area contributed by atoms with E-state index in [2.05, 4.69) is 27.8 Å². The van der Waals surface area contributed by atoms with Gasteiger partial charge in [0.2, 0.25) is 0 Å². The lowest BCUT2D eigenvalue weighted by Gasteiger charge is -2.20. The highest BCUT2D eigenvalue weighted by Crippen LogP contribution is 2.30. The van der Waals surface area contributed by atoms with Crippen LogP contribution in [0.1, 0.15) is 25.3 Å². The number of hydrogen-bond acceptors (Lipinski definition) is 1. The maximum absolute atomic E-state index is 13.2. The number of nitrogens with zero attached hydrogens (tertiary/aromatic N) is 1. The molecule has 0 atom stereocenters. The van der Waals surface area contributed by atoms with Crippen LogP contribution in [0.25, 0.3) is 0 Å². The Morgan fingerprint density at radius 3 is 2.69 bits per heavy atom. The van der Waals surface area contributed by atoms with Gasteiger partial charge in [0.15, 0.2) is 0 Å². The molecule has 0 aliphatic heterocycles. The molecule has 0 aromatic heterocycles. The molecular formula is C13H17BrFN. The molecule has 1 fully saturated rings. The molecule has 1 aliphatic carbocycles. The van der Waals surface area contributed by atoms with E-state index in [-0.39, 0.29) is 5.82 Å². The third kappa shape index (κ3) is 3.56. The summed E-state index contributed by atoms with van der Waals surface area (Å²) in [5, 5.41) is 0. The van der Waals surface area contributed by atoms with Crippen LogP contribution in [0.2, 0.25) is 0 Å². The number of halogens is 2. The molecular weight excluding hydrogens is 269 g/mol. The van der Waals surface area contributed by atoms with Gasteiger partial charge >= 0.3 is 0 Å². The highest BCUT2D eigenvalue weighted by Gasteiger charge is 2.23. The van der Waals surface area contributed by atoms with Gasteiger partial charge in [-0.05, 0) is 49.1 Å². The first-order valence-corrected chi connectivity index (χ1v) is 6.64. The maximum Gasteiger partial charge on any atom is 0.124 e. The van der Waals surface area contributed by atoms with Crippen molar-refractivity contribution in [3.63, 3.8) is 0 Å². The van der Waals surface area contributed by atoms with E-state index in [1.165, 1.54) is 18.9 Å². The molecule has 1 aromatic rings. The van der Waals surface area contributed by atoms with Crippen molar-refractivity contribution in [2.75, 3.05) is 13.1 Å². The smallest absolute Gasteiger partial charge is 0.124 e. The van der Waals surface area contributed by atoms with Crippen LogP contribution in [0.5, 0.6) is 0 Å². The molecule has 1 aromatic carbocycles. The van der Waals surface area contributed by atoms with Crippen LogP contribution in [0, 0.1) is 11.7 Å². The lowest BCUT2D eigenvalue weighted by molar-refractivity contribution is 0.268. The summed E-state index contributed by atoms with van der Waals surface area (Å²) >= 11 is 3.33. The molecule has 0 heterocycles. The molecule has 0 unspecified atom stereocenters. The number of hydrogen-bond donors (Lipinski definition) is 0. The largest absolute Gasteiger partial charge is 0.299 e. The lowest BCUT2D eigenvalue weighted by Crippen LogP contribution is -2.25. The lowest BCUT2D eigenvalue weighted by atomic mass is 10.2. The van der Waals surface area contributed by atoms with Gasteiger partial charge in [-0.2, -0.15) is 0 Å². The standard InChI is InChI=1S/C13H17BrFN/c1-2-16(8-10-3-4-10)9-11-5-12(14)7-13(15)6-11/h5-7,10H,2-4,8-9H2,1H3. The van der Waals surface area contributed by atoms with E-state index in [9.17, 15) is 4.39 Å². The van der Waals surface area contributed by atoms with Crippen molar-refractivity contribution in [2.45, 2.75) is 26.3 Å². The maximum atomic E-state index is 13.2. The molecule has 88 valence electrons. The normalized spacial score (nSPS) is 15.8. The van der Waals surface area contributed by atoms with E-state index in [4.69, 9.17) is 0 Å². The molecule has 0 saturated heterocycles. The Morgan fingerprint density at radius 2 is 2.12 bits per heavy atom. The highest BCUT2D eigenvalue weighted by molar-refractivity contribution is 9.10. The quantitative estimate of drug-likeness (QED) is 0.795. The summed E-state index contributed by atoms with van der Waals surface area (Å²) in [6.07, 6.45) is 2.73. The number of benzene rings is 1. The first-order valence-electron chi connectivity index (χ1n) is 5.84. The van der Waals surface area contributed by atoms with Crippen LogP contribution >= 0.6 is 15.9 Å². The zero-order valence-electron chi connectivity index (χ0n) is 9.55. The van der Waals surface area contributed by atoms with Crippen molar-refractivity contribution in [3.8, 4) is 0 Å². The van der Waals surface area contributed by atoms with Crippen molar-refractivity contribution >= 4 is 15.9 Å². The van der Waals surface area contributed by atoms with E-state index in [1.54, 1.807) is 6.07 Å². The van der Waals surface area contributed by atoms with Crippen molar-refractivity contribution < 1.29 is 4.39 Å². The van der Waals surface area contributed by atoms with Gasteiger partial charge in [-0.3, -0.25) is 4.90 Å². The van der Waals surface area contributed by atoms with Crippen LogP contribution in [0.15, 0.2) is 22.7 Å². The number of rotatable bonds is 5. The van der Waals surface area contributed by atoms with Gasteiger partial charge in [-0.25, -0.2) is 4.39 Å². The second-order valence-corrected chi connectivity index (χ2v) is 5.46. The summed E-state index contributed by atoms with van der Waals surface area (Å²) in [4.78, 5) is 2.39. The zero-order chi connectivity index (χ0) is 11.5. The third-order valence-corrected chi connectivity index (χ3v) is 3.45. The van der Waals surface area contributed by atoms with E-state index in [0.717, 1.165) is 35.6 Å². The summed E-state index contributed by atoms with van der Waals surface area (Å²) in [7, 11) is 0. The molecule has 0 N–H and O–H groups in total. The minimum Gasteiger partial charge on any atom is -0.299 e. The van der Waals surface area contributed by atoms with Gasteiger partial charge in [0, 0.05) is 17.6 Å². The Bertz CT molecular complexity index is 343. The summed E-state index contributed by atoms with van der Waals surface area (Å²) in [5.74, 6) is 0.726. The molecule has 0 amide bonds. The second kappa shape index (κ2) is 5.28. The average Bonchev–Trinajstić information content (AvgIpc) is 2.99. The summed E-state index contributed by atoms with van der Waals surface area (Å²) in [6.45, 7) is 5.20. The van der Waals surface area contributed by atoms with Gasteiger partial charge in [0.1, 0.15) is 5.82 Å². The Morgan fingerprint density at radius 1 is 1.38 bits per heavy atom. The SMILES string of the molecule is CCN(Cc1cc(F)cc(Br)c1)CC1CC1. The van der Waals surface area contributed by atoms with Crippen LogP contribution in [0.4, 0.5) is 4.39 Å². The highest BCUT2D eigenvalue weighted by atomic mass is 79.9. The van der Waals surface area contributed by atoms with Crippen molar-refractivity contribution in [1.82, 2.24) is 4.90 Å². The van der Waals surface area contributed by atoms with E-state index >= 15 is 0 Å². The molecule has 1 aliphatic rings. The first kappa shape index (κ1) is 12.1. The van der Waals surface area contributed by atoms with Crippen molar-refractivity contribution in [1.29, 1.82) is 0 Å². The minimum absolute atomic E-state index is 0.160. The van der Waals surface area contributed by atoms with Gasteiger partial charge < -0.3 is 0 Å². The topological polar surface area (TPSA) is 3.24 Å². The second-order valence-electron chi connectivity index (χ2n) is 4.55. The predicted octanol–water partition coefficient (Wildman–Crippen LogP) is 3.82.